The van der Waals surface area contributed by atoms with E-state index in [0.29, 0.717) is 0 Å². The van der Waals surface area contributed by atoms with E-state index in [0.717, 1.165) is 16.8 Å². The number of non-ortho nitro benzene ring substituents is 1. The molecular formula is C18H20N2O2. The van der Waals surface area contributed by atoms with E-state index in [2.05, 4.69) is 44.0 Å². The number of rotatable bonds is 3. The molecule has 0 amide bonds. The van der Waals surface area contributed by atoms with Gasteiger partial charge in [-0.05, 0) is 35.1 Å². The number of hydrogen-bond acceptors (Lipinski definition) is 3. The number of aryl methyl sites for hydroxylation is 1. The minimum absolute atomic E-state index is 0.0590. The predicted octanol–water partition coefficient (Wildman–Crippen LogP) is 4.95. The zero-order valence-electron chi connectivity index (χ0n) is 13.3. The lowest BCUT2D eigenvalue weighted by atomic mass is 9.86. The summed E-state index contributed by atoms with van der Waals surface area (Å²) in [5, 5.41) is 10.8. The van der Waals surface area contributed by atoms with Crippen molar-refractivity contribution < 1.29 is 4.92 Å². The van der Waals surface area contributed by atoms with Crippen molar-refractivity contribution in [2.24, 2.45) is 4.99 Å². The van der Waals surface area contributed by atoms with Crippen LogP contribution in [0.25, 0.3) is 0 Å². The smallest absolute Gasteiger partial charge is 0.258 e. The molecular weight excluding hydrogens is 276 g/mol. The van der Waals surface area contributed by atoms with Gasteiger partial charge >= 0.3 is 0 Å². The lowest BCUT2D eigenvalue weighted by Crippen LogP contribution is -2.10. The maximum absolute atomic E-state index is 10.8. The predicted molar refractivity (Wildman–Crippen MR) is 90.2 cm³/mol. The zero-order valence-corrected chi connectivity index (χ0v) is 13.3. The van der Waals surface area contributed by atoms with Crippen LogP contribution in [0.3, 0.4) is 0 Å². The molecule has 0 unspecified atom stereocenters. The Hall–Kier alpha value is -2.49. The van der Waals surface area contributed by atoms with Gasteiger partial charge in [0.15, 0.2) is 0 Å². The highest BCUT2D eigenvalue weighted by Gasteiger charge is 2.14. The lowest BCUT2D eigenvalue weighted by molar-refractivity contribution is -0.384. The summed E-state index contributed by atoms with van der Waals surface area (Å²) in [5.74, 6) is 0. The summed E-state index contributed by atoms with van der Waals surface area (Å²) in [6.07, 6.45) is 1.67. The SMILES string of the molecule is Cc1ccc(C(C)(C)C)cc1N=Cc1cccc([N+](=O)[O-])c1. The topological polar surface area (TPSA) is 55.5 Å². The average molecular weight is 296 g/mol. The quantitative estimate of drug-likeness (QED) is 0.457. The number of nitrogens with zero attached hydrogens (tertiary/aromatic N) is 2. The second-order valence-corrected chi connectivity index (χ2v) is 6.36. The summed E-state index contributed by atoms with van der Waals surface area (Å²) in [6, 6.07) is 12.7. The number of nitro benzene ring substituents is 1. The van der Waals surface area contributed by atoms with Crippen LogP contribution in [0.2, 0.25) is 0 Å². The first-order valence-corrected chi connectivity index (χ1v) is 7.17. The molecule has 0 saturated carbocycles. The molecule has 2 aromatic rings. The fraction of sp³-hybridized carbons (Fsp3) is 0.278. The molecule has 2 aromatic carbocycles. The van der Waals surface area contributed by atoms with Crippen molar-refractivity contribution in [1.82, 2.24) is 0 Å². The van der Waals surface area contributed by atoms with Crippen molar-refractivity contribution in [2.45, 2.75) is 33.1 Å². The van der Waals surface area contributed by atoms with Crippen molar-refractivity contribution >= 4 is 17.6 Å². The second kappa shape index (κ2) is 6.10. The molecule has 0 aliphatic carbocycles. The van der Waals surface area contributed by atoms with Crippen LogP contribution in [0, 0.1) is 17.0 Å². The van der Waals surface area contributed by atoms with Gasteiger partial charge in [-0.25, -0.2) is 0 Å². The van der Waals surface area contributed by atoms with E-state index in [4.69, 9.17) is 0 Å². The zero-order chi connectivity index (χ0) is 16.3. The molecule has 0 spiro atoms. The maximum atomic E-state index is 10.8. The molecule has 4 heteroatoms. The van der Waals surface area contributed by atoms with E-state index in [1.807, 2.05) is 6.92 Å². The molecule has 0 aliphatic rings. The summed E-state index contributed by atoms with van der Waals surface area (Å²) in [4.78, 5) is 14.9. The third-order valence-electron chi connectivity index (χ3n) is 3.51. The Morgan fingerprint density at radius 3 is 2.50 bits per heavy atom. The first-order chi connectivity index (χ1) is 10.3. The van der Waals surface area contributed by atoms with Crippen molar-refractivity contribution in [1.29, 1.82) is 0 Å². The van der Waals surface area contributed by atoms with E-state index >= 15 is 0 Å². The Morgan fingerprint density at radius 2 is 1.86 bits per heavy atom. The summed E-state index contributed by atoms with van der Waals surface area (Å²) < 4.78 is 0. The average Bonchev–Trinajstić information content (AvgIpc) is 2.45. The van der Waals surface area contributed by atoms with Crippen LogP contribution in [0.1, 0.15) is 37.5 Å². The van der Waals surface area contributed by atoms with E-state index in [9.17, 15) is 10.1 Å². The van der Waals surface area contributed by atoms with Gasteiger partial charge in [0.1, 0.15) is 0 Å². The number of benzene rings is 2. The van der Waals surface area contributed by atoms with Crippen LogP contribution < -0.4 is 0 Å². The van der Waals surface area contributed by atoms with Crippen molar-refractivity contribution in [2.75, 3.05) is 0 Å². The minimum Gasteiger partial charge on any atom is -0.258 e. The summed E-state index contributed by atoms with van der Waals surface area (Å²) in [7, 11) is 0. The Balaban J connectivity index is 2.34. The van der Waals surface area contributed by atoms with Gasteiger partial charge in [-0.3, -0.25) is 15.1 Å². The second-order valence-electron chi connectivity index (χ2n) is 6.36. The van der Waals surface area contributed by atoms with Gasteiger partial charge in [0.25, 0.3) is 5.69 Å². The number of nitro groups is 1. The first-order valence-electron chi connectivity index (χ1n) is 7.17. The Labute approximate surface area is 130 Å². The largest absolute Gasteiger partial charge is 0.270 e. The fourth-order valence-electron chi connectivity index (χ4n) is 2.08. The van der Waals surface area contributed by atoms with Crippen LogP contribution in [0.15, 0.2) is 47.5 Å². The van der Waals surface area contributed by atoms with Gasteiger partial charge in [-0.1, -0.05) is 45.0 Å². The highest BCUT2D eigenvalue weighted by molar-refractivity contribution is 5.83. The molecule has 0 fully saturated rings. The number of hydrogen-bond donors (Lipinski definition) is 0. The molecule has 0 saturated heterocycles. The minimum atomic E-state index is -0.400. The van der Waals surface area contributed by atoms with Crippen molar-refractivity contribution in [3.05, 3.63) is 69.3 Å². The highest BCUT2D eigenvalue weighted by atomic mass is 16.6. The molecule has 0 bridgehead atoms. The lowest BCUT2D eigenvalue weighted by Gasteiger charge is -2.19. The molecule has 0 N–H and O–H groups in total. The highest BCUT2D eigenvalue weighted by Crippen LogP contribution is 2.28. The molecule has 114 valence electrons. The van der Waals surface area contributed by atoms with E-state index in [-0.39, 0.29) is 11.1 Å². The van der Waals surface area contributed by atoms with Gasteiger partial charge < -0.3 is 0 Å². The molecule has 4 nitrogen and oxygen atoms in total. The van der Waals surface area contributed by atoms with Crippen LogP contribution >= 0.6 is 0 Å². The Bertz CT molecular complexity index is 728. The molecule has 0 aliphatic heterocycles. The maximum Gasteiger partial charge on any atom is 0.270 e. The van der Waals surface area contributed by atoms with Crippen LogP contribution in [-0.4, -0.2) is 11.1 Å². The molecule has 0 atom stereocenters. The van der Waals surface area contributed by atoms with E-state index in [1.165, 1.54) is 17.7 Å². The van der Waals surface area contributed by atoms with Gasteiger partial charge in [0, 0.05) is 18.3 Å². The van der Waals surface area contributed by atoms with E-state index < -0.39 is 4.92 Å². The summed E-state index contributed by atoms with van der Waals surface area (Å²) in [6.45, 7) is 8.48. The van der Waals surface area contributed by atoms with Crippen LogP contribution in [0.5, 0.6) is 0 Å². The standard InChI is InChI=1S/C18H20N2O2/c1-13-8-9-15(18(2,3)4)11-17(13)19-12-14-6-5-7-16(10-14)20(21)22/h5-12H,1-4H3. The summed E-state index contributed by atoms with van der Waals surface area (Å²) >= 11 is 0. The molecule has 0 radical (unpaired) electrons. The van der Waals surface area contributed by atoms with E-state index in [1.54, 1.807) is 18.3 Å². The van der Waals surface area contributed by atoms with Crippen molar-refractivity contribution in [3.63, 3.8) is 0 Å². The van der Waals surface area contributed by atoms with Gasteiger partial charge in [-0.2, -0.15) is 0 Å². The van der Waals surface area contributed by atoms with Gasteiger partial charge in [-0.15, -0.1) is 0 Å². The molecule has 0 aromatic heterocycles. The first kappa shape index (κ1) is 15.9. The van der Waals surface area contributed by atoms with Gasteiger partial charge in [0.2, 0.25) is 0 Å². The molecule has 2 rings (SSSR count). The normalized spacial score (nSPS) is 11.8. The Kier molecular flexibility index (Phi) is 4.40. The van der Waals surface area contributed by atoms with Crippen LogP contribution in [0.4, 0.5) is 11.4 Å². The molecule has 0 heterocycles. The fourth-order valence-corrected chi connectivity index (χ4v) is 2.08. The Morgan fingerprint density at radius 1 is 1.14 bits per heavy atom. The monoisotopic (exact) mass is 296 g/mol. The summed E-state index contributed by atoms with van der Waals surface area (Å²) in [5.41, 5.74) is 4.03. The third kappa shape index (κ3) is 3.79. The van der Waals surface area contributed by atoms with Gasteiger partial charge in [0.05, 0.1) is 10.6 Å². The third-order valence-corrected chi connectivity index (χ3v) is 3.51. The van der Waals surface area contributed by atoms with Crippen molar-refractivity contribution in [3.8, 4) is 0 Å². The number of aliphatic imine (C=N–C) groups is 1. The van der Waals surface area contributed by atoms with Crippen LogP contribution in [-0.2, 0) is 5.41 Å². The molecule has 22 heavy (non-hydrogen) atoms.